The monoisotopic (exact) mass is 502 g/mol. The average Bonchev–Trinajstić information content (AvgIpc) is 2.62. The second kappa shape index (κ2) is 12.8. The summed E-state index contributed by atoms with van der Waals surface area (Å²) in [5, 5.41) is 7.31. The van der Waals surface area contributed by atoms with Crippen molar-refractivity contribution in [1.82, 2.24) is 15.2 Å². The normalized spacial score (nSPS) is 11.0. The molecular weight excluding hydrogens is 475 g/mol. The quantitative estimate of drug-likeness (QED) is 0.249. The molecule has 7 heteroatoms. The molecule has 0 radical (unpaired) electrons. The van der Waals surface area contributed by atoms with Crippen LogP contribution in [0.2, 0.25) is 5.02 Å². The summed E-state index contributed by atoms with van der Waals surface area (Å²) in [5.74, 6) is 0.778. The number of hydrogen-bond acceptors (Lipinski definition) is 2. The van der Waals surface area contributed by atoms with Crippen LogP contribution in [0.5, 0.6) is 0 Å². The van der Waals surface area contributed by atoms with Crippen molar-refractivity contribution in [1.29, 1.82) is 0 Å². The van der Waals surface area contributed by atoms with Crippen LogP contribution < -0.4 is 16.2 Å². The molecule has 0 aliphatic rings. The van der Waals surface area contributed by atoms with Crippen molar-refractivity contribution in [2.75, 3.05) is 13.1 Å². The SMILES string of the molecule is CCNC(=NCc1ccccc1Cl)NCCCCn1c(C)cccc1=O.I. The second-order valence-electron chi connectivity index (χ2n) is 6.08. The number of rotatable bonds is 8. The van der Waals surface area contributed by atoms with Crippen molar-refractivity contribution < 1.29 is 0 Å². The highest BCUT2D eigenvalue weighted by Crippen LogP contribution is 2.15. The Hall–Kier alpha value is -1.54. The van der Waals surface area contributed by atoms with Crippen LogP contribution >= 0.6 is 35.6 Å². The number of guanidine groups is 1. The van der Waals surface area contributed by atoms with Gasteiger partial charge in [0.25, 0.3) is 5.56 Å². The lowest BCUT2D eigenvalue weighted by Gasteiger charge is -2.12. The van der Waals surface area contributed by atoms with Gasteiger partial charge in [-0.15, -0.1) is 24.0 Å². The summed E-state index contributed by atoms with van der Waals surface area (Å²) >= 11 is 6.18. The average molecular weight is 503 g/mol. The Morgan fingerprint density at radius 3 is 2.59 bits per heavy atom. The molecule has 2 rings (SSSR count). The van der Waals surface area contributed by atoms with Gasteiger partial charge < -0.3 is 15.2 Å². The van der Waals surface area contributed by atoms with Crippen LogP contribution in [-0.2, 0) is 13.1 Å². The molecule has 0 fully saturated rings. The molecule has 0 aliphatic heterocycles. The molecule has 0 spiro atoms. The number of halogens is 2. The molecule has 2 aromatic rings. The molecule has 5 nitrogen and oxygen atoms in total. The third kappa shape index (κ3) is 7.92. The van der Waals surface area contributed by atoms with E-state index in [1.165, 1.54) is 0 Å². The number of aliphatic imine (C=N–C) groups is 1. The first-order chi connectivity index (χ1) is 12.6. The first kappa shape index (κ1) is 23.5. The van der Waals surface area contributed by atoms with Crippen LogP contribution in [0, 0.1) is 6.92 Å². The van der Waals surface area contributed by atoms with Crippen LogP contribution in [0.25, 0.3) is 0 Å². The Labute approximate surface area is 183 Å². The number of nitrogens with one attached hydrogen (secondary N) is 2. The van der Waals surface area contributed by atoms with E-state index >= 15 is 0 Å². The van der Waals surface area contributed by atoms with E-state index in [4.69, 9.17) is 11.6 Å². The summed E-state index contributed by atoms with van der Waals surface area (Å²) in [6.07, 6.45) is 1.89. The van der Waals surface area contributed by atoms with Gasteiger partial charge in [0.05, 0.1) is 6.54 Å². The molecule has 0 saturated heterocycles. The molecule has 1 heterocycles. The predicted octanol–water partition coefficient (Wildman–Crippen LogP) is 3.96. The summed E-state index contributed by atoms with van der Waals surface area (Å²) < 4.78 is 1.82. The first-order valence-electron chi connectivity index (χ1n) is 9.04. The number of pyridine rings is 1. The van der Waals surface area contributed by atoms with Crippen molar-refractivity contribution in [3.63, 3.8) is 0 Å². The van der Waals surface area contributed by atoms with Crippen LogP contribution in [0.3, 0.4) is 0 Å². The van der Waals surface area contributed by atoms with Gasteiger partial charge in [-0.1, -0.05) is 35.9 Å². The number of nitrogens with zero attached hydrogens (tertiary/aromatic N) is 2. The molecule has 1 aromatic heterocycles. The molecule has 0 unspecified atom stereocenters. The maximum Gasteiger partial charge on any atom is 0.250 e. The van der Waals surface area contributed by atoms with Gasteiger partial charge in [-0.2, -0.15) is 0 Å². The molecule has 0 atom stereocenters. The van der Waals surface area contributed by atoms with E-state index in [2.05, 4.69) is 15.6 Å². The third-order valence-corrected chi connectivity index (χ3v) is 4.45. The molecule has 0 amide bonds. The van der Waals surface area contributed by atoms with Gasteiger partial charge in [-0.25, -0.2) is 4.99 Å². The Morgan fingerprint density at radius 1 is 1.11 bits per heavy atom. The highest BCUT2D eigenvalue weighted by molar-refractivity contribution is 14.0. The molecule has 27 heavy (non-hydrogen) atoms. The molecule has 0 saturated carbocycles. The molecule has 0 bridgehead atoms. The van der Waals surface area contributed by atoms with E-state index in [0.29, 0.717) is 6.54 Å². The number of hydrogen-bond donors (Lipinski definition) is 2. The van der Waals surface area contributed by atoms with Crippen LogP contribution in [-0.4, -0.2) is 23.6 Å². The smallest absolute Gasteiger partial charge is 0.250 e. The maximum absolute atomic E-state index is 11.9. The molecule has 2 N–H and O–H groups in total. The van der Waals surface area contributed by atoms with E-state index < -0.39 is 0 Å². The van der Waals surface area contributed by atoms with E-state index in [1.54, 1.807) is 12.1 Å². The topological polar surface area (TPSA) is 58.4 Å². The molecular formula is C20H28ClIN4O. The van der Waals surface area contributed by atoms with Gasteiger partial charge in [0, 0.05) is 36.4 Å². The number of unbranched alkanes of at least 4 members (excludes halogenated alkanes) is 1. The largest absolute Gasteiger partial charge is 0.357 e. The highest BCUT2D eigenvalue weighted by Gasteiger charge is 2.02. The van der Waals surface area contributed by atoms with Crippen LogP contribution in [0.1, 0.15) is 31.0 Å². The van der Waals surface area contributed by atoms with Gasteiger partial charge >= 0.3 is 0 Å². The molecule has 1 aromatic carbocycles. The van der Waals surface area contributed by atoms with E-state index in [1.807, 2.05) is 48.7 Å². The molecule has 0 aliphatic carbocycles. The maximum atomic E-state index is 11.9. The summed E-state index contributed by atoms with van der Waals surface area (Å²) in [7, 11) is 0. The van der Waals surface area contributed by atoms with Crippen LogP contribution in [0.4, 0.5) is 0 Å². The van der Waals surface area contributed by atoms with Gasteiger partial charge in [-0.3, -0.25) is 4.79 Å². The summed E-state index contributed by atoms with van der Waals surface area (Å²) in [6, 6.07) is 13.1. The van der Waals surface area contributed by atoms with Gasteiger partial charge in [0.15, 0.2) is 5.96 Å². The van der Waals surface area contributed by atoms with Gasteiger partial charge in [-0.05, 0) is 44.4 Å². The zero-order valence-corrected chi connectivity index (χ0v) is 19.0. The Morgan fingerprint density at radius 2 is 1.89 bits per heavy atom. The second-order valence-corrected chi connectivity index (χ2v) is 6.48. The fourth-order valence-electron chi connectivity index (χ4n) is 2.64. The summed E-state index contributed by atoms with van der Waals surface area (Å²) in [4.78, 5) is 16.4. The summed E-state index contributed by atoms with van der Waals surface area (Å²) in [6.45, 7) is 6.87. The Kier molecular flexibility index (Phi) is 11.1. The standard InChI is InChI=1S/C20H27ClN4O.HI/c1-3-22-20(24-15-17-10-4-5-11-18(17)21)23-13-6-7-14-25-16(2)9-8-12-19(25)26;/h4-5,8-12H,3,6-7,13-15H2,1-2H3,(H2,22,23,24);1H. The minimum absolute atomic E-state index is 0. The zero-order valence-electron chi connectivity index (χ0n) is 15.9. The third-order valence-electron chi connectivity index (χ3n) is 4.08. The van der Waals surface area contributed by atoms with Crippen molar-refractivity contribution in [2.24, 2.45) is 4.99 Å². The number of aromatic nitrogens is 1. The lowest BCUT2D eigenvalue weighted by molar-refractivity contribution is 0.575. The Balaban J connectivity index is 0.00000364. The Bertz CT molecular complexity index is 792. The van der Waals surface area contributed by atoms with Crippen molar-refractivity contribution in [3.8, 4) is 0 Å². The predicted molar refractivity (Wildman–Crippen MR) is 124 cm³/mol. The minimum atomic E-state index is 0. The fourth-order valence-corrected chi connectivity index (χ4v) is 2.84. The van der Waals surface area contributed by atoms with E-state index in [0.717, 1.165) is 54.7 Å². The highest BCUT2D eigenvalue weighted by atomic mass is 127. The van der Waals surface area contributed by atoms with E-state index in [9.17, 15) is 4.79 Å². The lowest BCUT2D eigenvalue weighted by Crippen LogP contribution is -2.37. The lowest BCUT2D eigenvalue weighted by atomic mass is 10.2. The first-order valence-corrected chi connectivity index (χ1v) is 9.41. The fraction of sp³-hybridized carbons (Fsp3) is 0.400. The van der Waals surface area contributed by atoms with E-state index in [-0.39, 0.29) is 29.5 Å². The molecule has 148 valence electrons. The van der Waals surface area contributed by atoms with Crippen molar-refractivity contribution in [3.05, 3.63) is 69.1 Å². The van der Waals surface area contributed by atoms with Gasteiger partial charge in [0.2, 0.25) is 0 Å². The number of benzene rings is 1. The minimum Gasteiger partial charge on any atom is -0.357 e. The number of aryl methyl sites for hydroxylation is 1. The van der Waals surface area contributed by atoms with Crippen molar-refractivity contribution >= 4 is 41.5 Å². The zero-order chi connectivity index (χ0) is 18.8. The van der Waals surface area contributed by atoms with Gasteiger partial charge in [0.1, 0.15) is 0 Å². The van der Waals surface area contributed by atoms with Crippen molar-refractivity contribution in [2.45, 2.75) is 39.8 Å². The summed E-state index contributed by atoms with van der Waals surface area (Å²) in [5.41, 5.74) is 2.07. The van der Waals surface area contributed by atoms with Crippen LogP contribution in [0.15, 0.2) is 52.3 Å².